The van der Waals surface area contributed by atoms with E-state index in [4.69, 9.17) is 0 Å². The summed E-state index contributed by atoms with van der Waals surface area (Å²) < 4.78 is 0. The zero-order chi connectivity index (χ0) is 15.0. The summed E-state index contributed by atoms with van der Waals surface area (Å²) in [4.78, 5) is 14.1. The van der Waals surface area contributed by atoms with Crippen molar-refractivity contribution in [2.45, 2.75) is 52.9 Å². The number of carbonyl (C=O) groups is 1. The molecule has 2 unspecified atom stereocenters. The lowest BCUT2D eigenvalue weighted by Gasteiger charge is -2.30. The van der Waals surface area contributed by atoms with Crippen LogP contribution in [0.1, 0.15) is 58.4 Å². The molecule has 1 rings (SSSR count). The van der Waals surface area contributed by atoms with E-state index in [-0.39, 0.29) is 5.91 Å². The molecule has 0 bridgehead atoms. The van der Waals surface area contributed by atoms with Crippen molar-refractivity contribution in [1.29, 1.82) is 0 Å². The van der Waals surface area contributed by atoms with Crippen molar-refractivity contribution in [3.05, 3.63) is 35.9 Å². The molecule has 0 N–H and O–H groups in total. The predicted octanol–water partition coefficient (Wildman–Crippen LogP) is 4.46. The zero-order valence-corrected chi connectivity index (χ0v) is 13.4. The van der Waals surface area contributed by atoms with E-state index in [2.05, 4.69) is 51.1 Å². The normalized spacial score (nSPS) is 13.8. The molecule has 0 spiro atoms. The molecule has 0 radical (unpaired) electrons. The van der Waals surface area contributed by atoms with Gasteiger partial charge in [0.15, 0.2) is 0 Å². The Hall–Kier alpha value is -1.31. The summed E-state index contributed by atoms with van der Waals surface area (Å²) in [6, 6.07) is 10.6. The Bertz CT molecular complexity index is 388. The minimum atomic E-state index is 0.283. The van der Waals surface area contributed by atoms with E-state index in [9.17, 15) is 4.79 Å². The summed E-state index contributed by atoms with van der Waals surface area (Å²) in [5.41, 5.74) is 1.37. The Morgan fingerprint density at radius 3 is 2.30 bits per heavy atom. The van der Waals surface area contributed by atoms with Crippen LogP contribution in [0, 0.1) is 5.92 Å². The lowest BCUT2D eigenvalue weighted by atomic mass is 9.85. The van der Waals surface area contributed by atoms with E-state index in [1.165, 1.54) is 5.56 Å². The van der Waals surface area contributed by atoms with Gasteiger partial charge in [0, 0.05) is 19.5 Å². The van der Waals surface area contributed by atoms with Gasteiger partial charge < -0.3 is 4.90 Å². The number of hydrogen-bond acceptors (Lipinski definition) is 1. The molecule has 1 aromatic rings. The van der Waals surface area contributed by atoms with Gasteiger partial charge in [0.2, 0.25) is 5.91 Å². The number of hydrogen-bond donors (Lipinski definition) is 0. The van der Waals surface area contributed by atoms with Gasteiger partial charge in [-0.3, -0.25) is 4.79 Å². The molecular weight excluding hydrogens is 246 g/mol. The molecule has 0 fully saturated rings. The average molecular weight is 275 g/mol. The number of rotatable bonds is 8. The quantitative estimate of drug-likeness (QED) is 0.685. The van der Waals surface area contributed by atoms with E-state index >= 15 is 0 Å². The van der Waals surface area contributed by atoms with E-state index < -0.39 is 0 Å². The summed E-state index contributed by atoms with van der Waals surface area (Å²) in [6.07, 6.45) is 2.74. The van der Waals surface area contributed by atoms with E-state index in [0.717, 1.165) is 25.9 Å². The van der Waals surface area contributed by atoms with Gasteiger partial charge in [-0.15, -0.1) is 0 Å². The Labute approximate surface area is 124 Å². The van der Waals surface area contributed by atoms with Gasteiger partial charge in [-0.25, -0.2) is 0 Å². The fourth-order valence-electron chi connectivity index (χ4n) is 2.76. The highest BCUT2D eigenvalue weighted by molar-refractivity contribution is 5.75. The van der Waals surface area contributed by atoms with Crippen LogP contribution in [0.15, 0.2) is 30.3 Å². The molecule has 0 aliphatic rings. The molecule has 2 heteroatoms. The largest absolute Gasteiger partial charge is 0.342 e. The second kappa shape index (κ2) is 8.78. The van der Waals surface area contributed by atoms with Crippen molar-refractivity contribution >= 4 is 5.91 Å². The zero-order valence-electron chi connectivity index (χ0n) is 13.4. The number of carbonyl (C=O) groups excluding carboxylic acids is 1. The van der Waals surface area contributed by atoms with Gasteiger partial charge in [0.1, 0.15) is 0 Å². The van der Waals surface area contributed by atoms with E-state index in [1.807, 2.05) is 11.8 Å². The van der Waals surface area contributed by atoms with Crippen molar-refractivity contribution in [3.63, 3.8) is 0 Å². The Morgan fingerprint density at radius 2 is 1.80 bits per heavy atom. The molecule has 0 saturated heterocycles. The second-order valence-corrected chi connectivity index (χ2v) is 5.56. The molecule has 2 nitrogen and oxygen atoms in total. The van der Waals surface area contributed by atoms with Crippen LogP contribution in [0.2, 0.25) is 0 Å². The number of amides is 1. The molecule has 1 amide bonds. The predicted molar refractivity (Wildman–Crippen MR) is 85.8 cm³/mol. The third-order valence-corrected chi connectivity index (χ3v) is 4.16. The fourth-order valence-corrected chi connectivity index (χ4v) is 2.76. The summed E-state index contributed by atoms with van der Waals surface area (Å²) in [5.74, 6) is 1.30. The van der Waals surface area contributed by atoms with Crippen molar-refractivity contribution in [2.24, 2.45) is 5.92 Å². The SMILES string of the molecule is CCCN(CC(CC)C(C)c1ccccc1)C(=O)CC. The third kappa shape index (κ3) is 4.66. The summed E-state index contributed by atoms with van der Waals surface area (Å²) in [5, 5.41) is 0. The maximum absolute atomic E-state index is 12.0. The smallest absolute Gasteiger partial charge is 0.222 e. The van der Waals surface area contributed by atoms with Crippen LogP contribution in [0.4, 0.5) is 0 Å². The van der Waals surface area contributed by atoms with Crippen LogP contribution in [-0.2, 0) is 4.79 Å². The van der Waals surface area contributed by atoms with Gasteiger partial charge in [-0.05, 0) is 23.8 Å². The lowest BCUT2D eigenvalue weighted by molar-refractivity contribution is -0.131. The molecule has 0 saturated carbocycles. The first-order valence-corrected chi connectivity index (χ1v) is 7.96. The number of nitrogens with zero attached hydrogens (tertiary/aromatic N) is 1. The maximum Gasteiger partial charge on any atom is 0.222 e. The minimum Gasteiger partial charge on any atom is -0.342 e. The topological polar surface area (TPSA) is 20.3 Å². The van der Waals surface area contributed by atoms with Crippen molar-refractivity contribution < 1.29 is 4.79 Å². The Kier molecular flexibility index (Phi) is 7.35. The average Bonchev–Trinajstić information content (AvgIpc) is 2.50. The van der Waals surface area contributed by atoms with Gasteiger partial charge in [0.25, 0.3) is 0 Å². The van der Waals surface area contributed by atoms with Gasteiger partial charge in [0.05, 0.1) is 0 Å². The van der Waals surface area contributed by atoms with Crippen molar-refractivity contribution in [2.75, 3.05) is 13.1 Å². The van der Waals surface area contributed by atoms with Gasteiger partial charge in [-0.2, -0.15) is 0 Å². The standard InChI is InChI=1S/C18H29NO/c1-5-13-19(18(20)7-3)14-16(6-2)15(4)17-11-9-8-10-12-17/h8-12,15-16H,5-7,13-14H2,1-4H3. The minimum absolute atomic E-state index is 0.283. The number of benzene rings is 1. The monoisotopic (exact) mass is 275 g/mol. The Balaban J connectivity index is 2.76. The third-order valence-electron chi connectivity index (χ3n) is 4.16. The van der Waals surface area contributed by atoms with E-state index in [0.29, 0.717) is 18.3 Å². The molecule has 1 aromatic carbocycles. The summed E-state index contributed by atoms with van der Waals surface area (Å²) >= 11 is 0. The molecule has 2 atom stereocenters. The first-order valence-electron chi connectivity index (χ1n) is 7.96. The molecule has 0 heterocycles. The lowest BCUT2D eigenvalue weighted by Crippen LogP contribution is -2.36. The molecular formula is C18H29NO. The first-order chi connectivity index (χ1) is 9.63. The van der Waals surface area contributed by atoms with Crippen LogP contribution in [0.25, 0.3) is 0 Å². The van der Waals surface area contributed by atoms with Crippen LogP contribution in [-0.4, -0.2) is 23.9 Å². The highest BCUT2D eigenvalue weighted by Gasteiger charge is 2.22. The molecule has 0 aromatic heterocycles. The summed E-state index contributed by atoms with van der Waals surface area (Å²) in [6.45, 7) is 10.4. The van der Waals surface area contributed by atoms with Gasteiger partial charge >= 0.3 is 0 Å². The maximum atomic E-state index is 12.0. The highest BCUT2D eigenvalue weighted by atomic mass is 16.2. The van der Waals surface area contributed by atoms with E-state index in [1.54, 1.807) is 0 Å². The molecule has 0 aliphatic carbocycles. The second-order valence-electron chi connectivity index (χ2n) is 5.56. The van der Waals surface area contributed by atoms with Crippen LogP contribution >= 0.6 is 0 Å². The summed E-state index contributed by atoms with van der Waals surface area (Å²) in [7, 11) is 0. The highest BCUT2D eigenvalue weighted by Crippen LogP contribution is 2.27. The molecule has 112 valence electrons. The Morgan fingerprint density at radius 1 is 1.15 bits per heavy atom. The van der Waals surface area contributed by atoms with Crippen molar-refractivity contribution in [3.8, 4) is 0 Å². The van der Waals surface area contributed by atoms with Gasteiger partial charge in [-0.1, -0.05) is 64.4 Å². The fraction of sp³-hybridized carbons (Fsp3) is 0.611. The van der Waals surface area contributed by atoms with Crippen LogP contribution < -0.4 is 0 Å². The molecule has 20 heavy (non-hydrogen) atoms. The van der Waals surface area contributed by atoms with Crippen LogP contribution in [0.5, 0.6) is 0 Å². The first kappa shape index (κ1) is 16.7. The van der Waals surface area contributed by atoms with Crippen molar-refractivity contribution in [1.82, 2.24) is 4.90 Å². The van der Waals surface area contributed by atoms with Crippen LogP contribution in [0.3, 0.4) is 0 Å². The molecule has 0 aliphatic heterocycles.